The van der Waals surface area contributed by atoms with Crippen molar-refractivity contribution >= 4 is 23.6 Å². The van der Waals surface area contributed by atoms with E-state index in [4.69, 9.17) is 25.8 Å². The Bertz CT molecular complexity index is 819. The molecule has 0 saturated carbocycles. The summed E-state index contributed by atoms with van der Waals surface area (Å²) in [4.78, 5) is 12.1. The molecule has 2 aromatic rings. The van der Waals surface area contributed by atoms with Crippen LogP contribution in [0.15, 0.2) is 36.4 Å². The fourth-order valence-corrected chi connectivity index (χ4v) is 2.73. The molecule has 2 rings (SSSR count). The molecule has 0 unspecified atom stereocenters. The molecule has 150 valence electrons. The van der Waals surface area contributed by atoms with Crippen molar-refractivity contribution in [3.63, 3.8) is 0 Å². The van der Waals surface area contributed by atoms with E-state index in [1.807, 2.05) is 39.0 Å². The minimum absolute atomic E-state index is 0.456. The van der Waals surface area contributed by atoms with Crippen LogP contribution in [-0.2, 0) is 4.79 Å². The van der Waals surface area contributed by atoms with Gasteiger partial charge in [0.1, 0.15) is 5.75 Å². The van der Waals surface area contributed by atoms with Crippen molar-refractivity contribution in [2.45, 2.75) is 40.5 Å². The van der Waals surface area contributed by atoms with Gasteiger partial charge in [0.25, 0.3) is 0 Å². The molecular weight excluding hydrogens is 376 g/mol. The van der Waals surface area contributed by atoms with Crippen molar-refractivity contribution < 1.29 is 19.0 Å². The summed E-state index contributed by atoms with van der Waals surface area (Å²) in [7, 11) is 0. The number of esters is 1. The normalized spacial score (nSPS) is 10.9. The van der Waals surface area contributed by atoms with Crippen molar-refractivity contribution in [1.82, 2.24) is 0 Å². The Morgan fingerprint density at radius 1 is 1.04 bits per heavy atom. The van der Waals surface area contributed by atoms with Gasteiger partial charge in [-0.1, -0.05) is 31.0 Å². The topological polar surface area (TPSA) is 44.8 Å². The fourth-order valence-electron chi connectivity index (χ4n) is 2.62. The zero-order valence-corrected chi connectivity index (χ0v) is 17.6. The van der Waals surface area contributed by atoms with Gasteiger partial charge in [-0.2, -0.15) is 0 Å². The third-order valence-corrected chi connectivity index (χ3v) is 4.66. The van der Waals surface area contributed by atoms with Crippen molar-refractivity contribution in [3.05, 3.63) is 58.1 Å². The number of halogens is 1. The molecule has 0 radical (unpaired) electrons. The van der Waals surface area contributed by atoms with Crippen LogP contribution >= 0.6 is 11.6 Å². The second-order valence-corrected chi connectivity index (χ2v) is 6.84. The fraction of sp³-hybridized carbons (Fsp3) is 0.348. The van der Waals surface area contributed by atoms with Gasteiger partial charge in [0.15, 0.2) is 11.5 Å². The van der Waals surface area contributed by atoms with Gasteiger partial charge < -0.3 is 14.2 Å². The van der Waals surface area contributed by atoms with Gasteiger partial charge in [-0.3, -0.25) is 0 Å². The highest BCUT2D eigenvalue weighted by atomic mass is 35.5. The molecule has 5 heteroatoms. The minimum Gasteiger partial charge on any atom is -0.490 e. The molecule has 0 saturated heterocycles. The average molecular weight is 403 g/mol. The van der Waals surface area contributed by atoms with Crippen LogP contribution in [0.25, 0.3) is 6.08 Å². The highest BCUT2D eigenvalue weighted by Crippen LogP contribution is 2.29. The third kappa shape index (κ3) is 6.31. The van der Waals surface area contributed by atoms with E-state index < -0.39 is 5.97 Å². The van der Waals surface area contributed by atoms with Crippen LogP contribution < -0.4 is 14.2 Å². The predicted octanol–water partition coefficient (Wildman–Crippen LogP) is 6.15. The first-order chi connectivity index (χ1) is 13.4. The van der Waals surface area contributed by atoms with Gasteiger partial charge >= 0.3 is 5.97 Å². The number of benzene rings is 2. The number of ether oxygens (including phenoxy) is 3. The van der Waals surface area contributed by atoms with E-state index in [1.165, 1.54) is 6.08 Å². The number of hydrogen-bond acceptors (Lipinski definition) is 4. The molecular formula is C23H27ClO4. The summed E-state index contributed by atoms with van der Waals surface area (Å²) in [5, 5.41) is 0.681. The molecule has 0 aliphatic rings. The van der Waals surface area contributed by atoms with E-state index >= 15 is 0 Å². The second kappa shape index (κ2) is 10.8. The van der Waals surface area contributed by atoms with Gasteiger partial charge in [0, 0.05) is 11.1 Å². The molecule has 0 aromatic heterocycles. The first-order valence-corrected chi connectivity index (χ1v) is 9.88. The summed E-state index contributed by atoms with van der Waals surface area (Å²) in [6.45, 7) is 8.98. The summed E-state index contributed by atoms with van der Waals surface area (Å²) >= 11 is 6.14. The van der Waals surface area contributed by atoms with E-state index in [2.05, 4.69) is 6.92 Å². The third-order valence-electron chi connectivity index (χ3n) is 4.06. The predicted molar refractivity (Wildman–Crippen MR) is 114 cm³/mol. The lowest BCUT2D eigenvalue weighted by Gasteiger charge is -2.12. The Labute approximate surface area is 172 Å². The first kappa shape index (κ1) is 21.8. The SMILES string of the molecule is CCCCOc1ccc(/C=C/C(=O)Oc2cc(C)c(Cl)c(C)c2)cc1OCC. The van der Waals surface area contributed by atoms with Crippen LogP contribution in [0.5, 0.6) is 17.2 Å². The van der Waals surface area contributed by atoms with Crippen molar-refractivity contribution in [2.75, 3.05) is 13.2 Å². The monoisotopic (exact) mass is 402 g/mol. The molecule has 0 aliphatic heterocycles. The number of carbonyl (C=O) groups is 1. The molecule has 0 atom stereocenters. The van der Waals surface area contributed by atoms with Crippen LogP contribution in [0.4, 0.5) is 0 Å². The summed E-state index contributed by atoms with van der Waals surface area (Å²) in [5.74, 6) is 1.39. The molecule has 0 N–H and O–H groups in total. The number of aryl methyl sites for hydroxylation is 2. The Balaban J connectivity index is 2.07. The van der Waals surface area contributed by atoms with Crippen molar-refractivity contribution in [2.24, 2.45) is 0 Å². The largest absolute Gasteiger partial charge is 0.490 e. The van der Waals surface area contributed by atoms with Crippen LogP contribution in [-0.4, -0.2) is 19.2 Å². The van der Waals surface area contributed by atoms with Crippen molar-refractivity contribution in [1.29, 1.82) is 0 Å². The highest BCUT2D eigenvalue weighted by Gasteiger charge is 2.08. The first-order valence-electron chi connectivity index (χ1n) is 9.50. The highest BCUT2D eigenvalue weighted by molar-refractivity contribution is 6.32. The van der Waals surface area contributed by atoms with Gasteiger partial charge in [-0.25, -0.2) is 4.79 Å². The summed E-state index contributed by atoms with van der Waals surface area (Å²) in [5.41, 5.74) is 2.56. The molecule has 0 spiro atoms. The Hall–Kier alpha value is -2.46. The Morgan fingerprint density at radius 2 is 1.75 bits per heavy atom. The molecule has 4 nitrogen and oxygen atoms in total. The van der Waals surface area contributed by atoms with Gasteiger partial charge in [0.05, 0.1) is 13.2 Å². The van der Waals surface area contributed by atoms with Crippen LogP contribution in [0.1, 0.15) is 43.4 Å². The summed E-state index contributed by atoms with van der Waals surface area (Å²) in [6, 6.07) is 9.08. The lowest BCUT2D eigenvalue weighted by atomic mass is 10.1. The number of unbranched alkanes of at least 4 members (excludes halogenated alkanes) is 1. The van der Waals surface area contributed by atoms with Gasteiger partial charge in [-0.05, 0) is 74.2 Å². The standard InChI is InChI=1S/C23H27ClO4/c1-5-7-12-27-20-10-8-18(15-21(20)26-6-2)9-11-22(25)28-19-13-16(3)23(24)17(4)14-19/h8-11,13-15H,5-7,12H2,1-4H3/b11-9+. The maximum atomic E-state index is 12.1. The van der Waals surface area contributed by atoms with E-state index in [9.17, 15) is 4.79 Å². The molecule has 0 amide bonds. The van der Waals surface area contributed by atoms with E-state index in [-0.39, 0.29) is 0 Å². The van der Waals surface area contributed by atoms with Crippen LogP contribution in [0.2, 0.25) is 5.02 Å². The zero-order chi connectivity index (χ0) is 20.5. The molecule has 0 fully saturated rings. The number of carbonyl (C=O) groups excluding carboxylic acids is 1. The quantitative estimate of drug-likeness (QED) is 0.218. The maximum absolute atomic E-state index is 12.1. The Kier molecular flexibility index (Phi) is 8.40. The lowest BCUT2D eigenvalue weighted by molar-refractivity contribution is -0.128. The molecule has 0 aliphatic carbocycles. The smallest absolute Gasteiger partial charge is 0.336 e. The lowest BCUT2D eigenvalue weighted by Crippen LogP contribution is -2.04. The van der Waals surface area contributed by atoms with Crippen LogP contribution in [0.3, 0.4) is 0 Å². The Morgan fingerprint density at radius 3 is 2.39 bits per heavy atom. The van der Waals surface area contributed by atoms with E-state index in [0.717, 1.165) is 29.5 Å². The number of hydrogen-bond donors (Lipinski definition) is 0. The van der Waals surface area contributed by atoms with Gasteiger partial charge in [0.2, 0.25) is 0 Å². The van der Waals surface area contributed by atoms with Gasteiger partial charge in [-0.15, -0.1) is 0 Å². The average Bonchev–Trinajstić information content (AvgIpc) is 2.66. The van der Waals surface area contributed by atoms with Crippen molar-refractivity contribution in [3.8, 4) is 17.2 Å². The maximum Gasteiger partial charge on any atom is 0.336 e. The molecule has 2 aromatic carbocycles. The molecule has 0 heterocycles. The summed E-state index contributed by atoms with van der Waals surface area (Å²) in [6.07, 6.45) is 5.14. The van der Waals surface area contributed by atoms with Crippen LogP contribution in [0, 0.1) is 13.8 Å². The second-order valence-electron chi connectivity index (χ2n) is 6.47. The minimum atomic E-state index is -0.456. The summed E-state index contributed by atoms with van der Waals surface area (Å²) < 4.78 is 16.8. The number of rotatable bonds is 9. The molecule has 28 heavy (non-hydrogen) atoms. The molecule has 0 bridgehead atoms. The van der Waals surface area contributed by atoms with E-state index in [0.29, 0.717) is 35.5 Å². The zero-order valence-electron chi connectivity index (χ0n) is 16.9. The van der Waals surface area contributed by atoms with E-state index in [1.54, 1.807) is 18.2 Å².